The normalized spacial score (nSPS) is 21.2. The first-order chi connectivity index (χ1) is 7.74. The third-order valence-electron chi connectivity index (χ3n) is 2.88. The minimum Gasteiger partial charge on any atom is -0.456 e. The summed E-state index contributed by atoms with van der Waals surface area (Å²) in [6.45, 7) is 0.164. The minimum atomic E-state index is -0.395. The molecule has 1 heterocycles. The van der Waals surface area contributed by atoms with E-state index in [2.05, 4.69) is 15.4 Å². The van der Waals surface area contributed by atoms with Crippen LogP contribution in [0, 0.1) is 0 Å². The Morgan fingerprint density at radius 1 is 1.31 bits per heavy atom. The summed E-state index contributed by atoms with van der Waals surface area (Å²) in [5, 5.41) is 5.52. The first kappa shape index (κ1) is 11.0. The summed E-state index contributed by atoms with van der Waals surface area (Å²) in [7, 11) is 0. The molecule has 5 nitrogen and oxygen atoms in total. The third-order valence-corrected chi connectivity index (χ3v) is 2.88. The molecule has 0 unspecified atom stereocenters. The average Bonchev–Trinajstić information content (AvgIpc) is 2.65. The van der Waals surface area contributed by atoms with E-state index in [4.69, 9.17) is 0 Å². The van der Waals surface area contributed by atoms with Gasteiger partial charge in [-0.3, -0.25) is 0 Å². The van der Waals surface area contributed by atoms with Gasteiger partial charge in [-0.2, -0.15) is 0 Å². The van der Waals surface area contributed by atoms with E-state index in [1.54, 1.807) is 0 Å². The summed E-state index contributed by atoms with van der Waals surface area (Å²) in [5.74, 6) is -0.395. The second-order valence-corrected chi connectivity index (χ2v) is 4.21. The molecule has 0 atom stereocenters. The quantitative estimate of drug-likeness (QED) is 0.689. The number of nitrogens with one attached hydrogen (secondary N) is 2. The van der Waals surface area contributed by atoms with Crippen LogP contribution in [-0.2, 0) is 9.53 Å². The van der Waals surface area contributed by atoms with E-state index < -0.39 is 5.97 Å². The highest BCUT2D eigenvalue weighted by atomic mass is 16.5. The summed E-state index contributed by atoms with van der Waals surface area (Å²) >= 11 is 0. The number of hydrogen-bond acceptors (Lipinski definition) is 3. The smallest absolute Gasteiger partial charge is 0.333 e. The van der Waals surface area contributed by atoms with Gasteiger partial charge in [-0.25, -0.2) is 9.59 Å². The molecular formula is C11H16N2O3. The lowest BCUT2D eigenvalue weighted by Gasteiger charge is -2.22. The maximum Gasteiger partial charge on any atom is 0.333 e. The molecule has 2 N–H and O–H groups in total. The fourth-order valence-corrected chi connectivity index (χ4v) is 2.06. The molecule has 0 bridgehead atoms. The summed E-state index contributed by atoms with van der Waals surface area (Å²) < 4.78 is 4.68. The molecule has 0 saturated heterocycles. The largest absolute Gasteiger partial charge is 0.456 e. The number of hydrogen-bond donors (Lipinski definition) is 2. The van der Waals surface area contributed by atoms with E-state index in [0.29, 0.717) is 5.70 Å². The molecule has 88 valence electrons. The molecule has 0 radical (unpaired) electrons. The fourth-order valence-electron chi connectivity index (χ4n) is 2.06. The van der Waals surface area contributed by atoms with Crippen LogP contribution >= 0.6 is 0 Å². The fraction of sp³-hybridized carbons (Fsp3) is 0.636. The summed E-state index contributed by atoms with van der Waals surface area (Å²) in [5.41, 5.74) is 0.526. The SMILES string of the molecule is O=C(NC1=CC(=O)OC1)NC1CCCCC1. The van der Waals surface area contributed by atoms with Crippen LogP contribution in [0.4, 0.5) is 4.79 Å². The van der Waals surface area contributed by atoms with E-state index in [0.717, 1.165) is 12.8 Å². The van der Waals surface area contributed by atoms with Gasteiger partial charge < -0.3 is 15.4 Å². The van der Waals surface area contributed by atoms with E-state index in [-0.39, 0.29) is 18.7 Å². The number of amides is 2. The number of carbonyl (C=O) groups is 2. The Bertz CT molecular complexity index is 319. The van der Waals surface area contributed by atoms with Gasteiger partial charge >= 0.3 is 12.0 Å². The zero-order chi connectivity index (χ0) is 11.4. The number of urea groups is 1. The highest BCUT2D eigenvalue weighted by Gasteiger charge is 2.18. The topological polar surface area (TPSA) is 67.4 Å². The number of cyclic esters (lactones) is 1. The van der Waals surface area contributed by atoms with Crippen molar-refractivity contribution in [3.05, 3.63) is 11.8 Å². The van der Waals surface area contributed by atoms with Gasteiger partial charge in [0.1, 0.15) is 6.61 Å². The number of esters is 1. The molecule has 1 aliphatic carbocycles. The van der Waals surface area contributed by atoms with E-state index >= 15 is 0 Å². The average molecular weight is 224 g/mol. The van der Waals surface area contributed by atoms with Gasteiger partial charge in [-0.05, 0) is 12.8 Å². The maximum absolute atomic E-state index is 11.5. The van der Waals surface area contributed by atoms with E-state index in [1.807, 2.05) is 0 Å². The molecule has 2 aliphatic rings. The lowest BCUT2D eigenvalue weighted by Crippen LogP contribution is -2.42. The zero-order valence-electron chi connectivity index (χ0n) is 9.12. The van der Waals surface area contributed by atoms with Crippen molar-refractivity contribution < 1.29 is 14.3 Å². The molecule has 1 fully saturated rings. The van der Waals surface area contributed by atoms with Gasteiger partial charge in [0.25, 0.3) is 0 Å². The van der Waals surface area contributed by atoms with Crippen LogP contribution in [0.15, 0.2) is 11.8 Å². The number of carbonyl (C=O) groups excluding carboxylic acids is 2. The van der Waals surface area contributed by atoms with Crippen molar-refractivity contribution >= 4 is 12.0 Å². The highest BCUT2D eigenvalue weighted by molar-refractivity contribution is 5.87. The van der Waals surface area contributed by atoms with Crippen molar-refractivity contribution in [3.63, 3.8) is 0 Å². The zero-order valence-corrected chi connectivity index (χ0v) is 9.12. The van der Waals surface area contributed by atoms with Crippen molar-refractivity contribution in [2.75, 3.05) is 6.61 Å². The monoisotopic (exact) mass is 224 g/mol. The Morgan fingerprint density at radius 3 is 2.69 bits per heavy atom. The van der Waals surface area contributed by atoms with Crippen LogP contribution in [0.3, 0.4) is 0 Å². The van der Waals surface area contributed by atoms with Gasteiger partial charge in [0.2, 0.25) is 0 Å². The van der Waals surface area contributed by atoms with Crippen LogP contribution in [-0.4, -0.2) is 24.6 Å². The van der Waals surface area contributed by atoms with Crippen molar-refractivity contribution in [2.24, 2.45) is 0 Å². The van der Waals surface area contributed by atoms with Gasteiger partial charge in [-0.15, -0.1) is 0 Å². The first-order valence-electron chi connectivity index (χ1n) is 5.69. The van der Waals surface area contributed by atoms with Crippen LogP contribution in [0.1, 0.15) is 32.1 Å². The van der Waals surface area contributed by atoms with Crippen LogP contribution < -0.4 is 10.6 Å². The lowest BCUT2D eigenvalue weighted by molar-refractivity contribution is -0.134. The van der Waals surface area contributed by atoms with Gasteiger partial charge in [0.05, 0.1) is 5.70 Å². The predicted octanol–water partition coefficient (Wildman–Crippen LogP) is 1.06. The van der Waals surface area contributed by atoms with E-state index in [1.165, 1.54) is 25.3 Å². The Morgan fingerprint density at radius 2 is 2.06 bits per heavy atom. The molecule has 0 aromatic heterocycles. The second-order valence-electron chi connectivity index (χ2n) is 4.21. The number of ether oxygens (including phenoxy) is 1. The third kappa shape index (κ3) is 2.98. The molecule has 5 heteroatoms. The Kier molecular flexibility index (Phi) is 3.44. The molecule has 1 aliphatic heterocycles. The standard InChI is InChI=1S/C11H16N2O3/c14-10-6-9(7-16-10)13-11(15)12-8-4-2-1-3-5-8/h6,8H,1-5,7H2,(H2,12,13,15). The molecule has 0 aromatic rings. The minimum absolute atomic E-state index is 0.164. The lowest BCUT2D eigenvalue weighted by atomic mass is 9.96. The Hall–Kier alpha value is -1.52. The summed E-state index contributed by atoms with van der Waals surface area (Å²) in [4.78, 5) is 22.3. The molecule has 0 aromatic carbocycles. The maximum atomic E-state index is 11.5. The molecular weight excluding hydrogens is 208 g/mol. The Labute approximate surface area is 94.2 Å². The van der Waals surface area contributed by atoms with Gasteiger partial charge in [-0.1, -0.05) is 19.3 Å². The second kappa shape index (κ2) is 5.01. The van der Waals surface area contributed by atoms with Crippen LogP contribution in [0.5, 0.6) is 0 Å². The number of rotatable bonds is 2. The van der Waals surface area contributed by atoms with E-state index in [9.17, 15) is 9.59 Å². The molecule has 16 heavy (non-hydrogen) atoms. The Balaban J connectivity index is 1.75. The first-order valence-corrected chi connectivity index (χ1v) is 5.69. The predicted molar refractivity (Wildman–Crippen MR) is 57.6 cm³/mol. The van der Waals surface area contributed by atoms with Crippen molar-refractivity contribution in [2.45, 2.75) is 38.1 Å². The van der Waals surface area contributed by atoms with Crippen LogP contribution in [0.25, 0.3) is 0 Å². The van der Waals surface area contributed by atoms with Crippen molar-refractivity contribution in [1.29, 1.82) is 0 Å². The highest BCUT2D eigenvalue weighted by Crippen LogP contribution is 2.17. The van der Waals surface area contributed by atoms with Crippen molar-refractivity contribution in [3.8, 4) is 0 Å². The van der Waals surface area contributed by atoms with Gasteiger partial charge in [0.15, 0.2) is 0 Å². The summed E-state index contributed by atoms with van der Waals surface area (Å²) in [6, 6.07) is 0.0313. The molecule has 1 saturated carbocycles. The van der Waals surface area contributed by atoms with Gasteiger partial charge in [0, 0.05) is 12.1 Å². The molecule has 0 spiro atoms. The molecule has 2 rings (SSSR count). The van der Waals surface area contributed by atoms with Crippen LogP contribution in [0.2, 0.25) is 0 Å². The molecule has 2 amide bonds. The summed E-state index contributed by atoms with van der Waals surface area (Å²) in [6.07, 6.45) is 7.00. The van der Waals surface area contributed by atoms with Crippen molar-refractivity contribution in [1.82, 2.24) is 10.6 Å².